The molecule has 1 saturated carbocycles. The molecule has 0 bridgehead atoms. The third-order valence-corrected chi connectivity index (χ3v) is 6.89. The number of carbonyl (C=O) groups is 4. The second-order valence-corrected chi connectivity index (χ2v) is 11.6. The normalized spacial score (nSPS) is 14.1. The van der Waals surface area contributed by atoms with Crippen LogP contribution in [0.25, 0.3) is 0 Å². The number of benzene rings is 1. The van der Waals surface area contributed by atoms with Crippen LogP contribution in [0, 0.1) is 5.92 Å². The molecule has 4 amide bonds. The molecule has 1 aromatic rings. The van der Waals surface area contributed by atoms with Crippen LogP contribution >= 0.6 is 0 Å². The second-order valence-electron chi connectivity index (χ2n) is 11.6. The lowest BCUT2D eigenvalue weighted by atomic mass is 9.99. The smallest absolute Gasteiger partial charge is 0.407 e. The molecular weight excluding hydrogens is 512 g/mol. The average Bonchev–Trinajstić information content (AvgIpc) is 3.17. The van der Waals surface area contributed by atoms with E-state index in [0.29, 0.717) is 56.1 Å². The highest BCUT2D eigenvalue weighted by molar-refractivity contribution is 5.96. The Kier molecular flexibility index (Phi) is 14.5. The second kappa shape index (κ2) is 17.5. The summed E-state index contributed by atoms with van der Waals surface area (Å²) in [5, 5.41) is 14.1. The summed E-state index contributed by atoms with van der Waals surface area (Å²) in [5.74, 6) is -0.151. The summed E-state index contributed by atoms with van der Waals surface area (Å²) < 4.78 is 5.32. The van der Waals surface area contributed by atoms with Crippen LogP contribution in [0.15, 0.2) is 24.3 Å². The van der Waals surface area contributed by atoms with Gasteiger partial charge in [0.2, 0.25) is 11.8 Å². The van der Waals surface area contributed by atoms with Crippen LogP contribution in [-0.4, -0.2) is 59.2 Å². The summed E-state index contributed by atoms with van der Waals surface area (Å²) in [6.45, 7) is 6.77. The zero-order valence-corrected chi connectivity index (χ0v) is 24.4. The molecule has 10 nitrogen and oxygen atoms in total. The fraction of sp³-hybridized carbons (Fsp3) is 0.667. The van der Waals surface area contributed by atoms with Crippen LogP contribution in [0.1, 0.15) is 108 Å². The van der Waals surface area contributed by atoms with Crippen molar-refractivity contribution in [2.24, 2.45) is 5.92 Å². The third kappa shape index (κ3) is 13.8. The zero-order valence-electron chi connectivity index (χ0n) is 24.4. The number of amides is 4. The molecule has 0 aliphatic heterocycles. The number of carbonyl (C=O) groups excluding carboxylic acids is 4. The molecule has 2 rings (SSSR count). The number of alkyl carbamates (subject to hydrolysis) is 1. The Bertz CT molecular complexity index is 937. The molecule has 0 saturated heterocycles. The van der Waals surface area contributed by atoms with Crippen molar-refractivity contribution in [1.82, 2.24) is 15.7 Å². The van der Waals surface area contributed by atoms with Crippen LogP contribution in [0.2, 0.25) is 0 Å². The largest absolute Gasteiger partial charge is 0.444 e. The molecule has 0 unspecified atom stereocenters. The highest BCUT2D eigenvalue weighted by Gasteiger charge is 2.22. The molecule has 224 valence electrons. The molecular formula is C30H48N4O6. The van der Waals surface area contributed by atoms with Gasteiger partial charge < -0.3 is 20.3 Å². The van der Waals surface area contributed by atoms with Gasteiger partial charge in [-0.05, 0) is 76.6 Å². The quantitative estimate of drug-likeness (QED) is 0.104. The van der Waals surface area contributed by atoms with Gasteiger partial charge in [-0.15, -0.1) is 0 Å². The number of nitrogens with one attached hydrogen (secondary N) is 3. The van der Waals surface area contributed by atoms with E-state index in [1.165, 1.54) is 25.7 Å². The average molecular weight is 561 g/mol. The summed E-state index contributed by atoms with van der Waals surface area (Å²) in [4.78, 5) is 50.7. The zero-order chi connectivity index (χ0) is 29.4. The van der Waals surface area contributed by atoms with E-state index in [-0.39, 0.29) is 18.2 Å². The Morgan fingerprint density at radius 3 is 2.08 bits per heavy atom. The van der Waals surface area contributed by atoms with Gasteiger partial charge in [-0.25, -0.2) is 10.3 Å². The number of anilines is 1. The van der Waals surface area contributed by atoms with Gasteiger partial charge in [0, 0.05) is 43.7 Å². The topological polar surface area (TPSA) is 137 Å². The third-order valence-electron chi connectivity index (χ3n) is 6.89. The first-order valence-electron chi connectivity index (χ1n) is 14.7. The number of ether oxygens (including phenoxy) is 1. The first-order chi connectivity index (χ1) is 19.1. The minimum Gasteiger partial charge on any atom is -0.444 e. The molecule has 1 fully saturated rings. The van der Waals surface area contributed by atoms with Crippen LogP contribution in [0.3, 0.4) is 0 Å². The highest BCUT2D eigenvalue weighted by atomic mass is 16.6. The van der Waals surface area contributed by atoms with Gasteiger partial charge in [-0.3, -0.25) is 19.6 Å². The van der Waals surface area contributed by atoms with Crippen molar-refractivity contribution in [2.75, 3.05) is 25.0 Å². The molecule has 0 aromatic heterocycles. The summed E-state index contributed by atoms with van der Waals surface area (Å²) in [5.41, 5.74) is 2.19. The summed E-state index contributed by atoms with van der Waals surface area (Å²) in [6.07, 6.45) is 10.2. The molecule has 0 radical (unpaired) electrons. The van der Waals surface area contributed by atoms with Gasteiger partial charge in [-0.1, -0.05) is 38.5 Å². The standard InChI is InChI=1S/C30H48N4O6/c1-30(2,3)40-29(38)31-20-21-34(22-23-12-8-4-5-9-13-23)28(37)24-16-18-25(19-17-24)32-26(35)14-10-6-7-11-15-27(36)33-39/h16-19,23,39H,4-15,20-22H2,1-3H3,(H,31,38)(H,32,35)(H,33,36). The van der Waals surface area contributed by atoms with Crippen molar-refractivity contribution in [3.63, 3.8) is 0 Å². The molecule has 0 heterocycles. The van der Waals surface area contributed by atoms with E-state index < -0.39 is 17.6 Å². The summed E-state index contributed by atoms with van der Waals surface area (Å²) >= 11 is 0. The monoisotopic (exact) mass is 560 g/mol. The molecule has 10 heteroatoms. The fourth-order valence-electron chi connectivity index (χ4n) is 4.82. The van der Waals surface area contributed by atoms with Gasteiger partial charge in [-0.2, -0.15) is 0 Å². The number of hydrogen-bond donors (Lipinski definition) is 4. The molecule has 40 heavy (non-hydrogen) atoms. The number of rotatable bonds is 14. The molecule has 1 aromatic carbocycles. The lowest BCUT2D eigenvalue weighted by Crippen LogP contribution is -2.42. The van der Waals surface area contributed by atoms with Crippen LogP contribution < -0.4 is 16.1 Å². The fourth-order valence-corrected chi connectivity index (χ4v) is 4.82. The number of hydrogen-bond acceptors (Lipinski definition) is 6. The van der Waals surface area contributed by atoms with Gasteiger partial charge in [0.15, 0.2) is 0 Å². The van der Waals surface area contributed by atoms with E-state index in [4.69, 9.17) is 9.94 Å². The maximum absolute atomic E-state index is 13.5. The predicted molar refractivity (Wildman–Crippen MR) is 154 cm³/mol. The van der Waals surface area contributed by atoms with Crippen molar-refractivity contribution in [3.05, 3.63) is 29.8 Å². The van der Waals surface area contributed by atoms with Crippen LogP contribution in [0.4, 0.5) is 10.5 Å². The van der Waals surface area contributed by atoms with E-state index in [1.54, 1.807) is 29.7 Å². The minimum absolute atomic E-state index is 0.0945. The Balaban J connectivity index is 1.89. The van der Waals surface area contributed by atoms with Gasteiger partial charge in [0.25, 0.3) is 5.91 Å². The summed E-state index contributed by atoms with van der Waals surface area (Å²) in [7, 11) is 0. The molecule has 0 atom stereocenters. The molecule has 4 N–H and O–H groups in total. The Hall–Kier alpha value is -3.14. The Labute approximate surface area is 238 Å². The highest BCUT2D eigenvalue weighted by Crippen LogP contribution is 2.24. The van der Waals surface area contributed by atoms with E-state index in [2.05, 4.69) is 10.6 Å². The Morgan fingerprint density at radius 1 is 0.900 bits per heavy atom. The van der Waals surface area contributed by atoms with E-state index in [0.717, 1.165) is 25.7 Å². The molecule has 1 aliphatic carbocycles. The number of hydroxylamine groups is 1. The van der Waals surface area contributed by atoms with Crippen molar-refractivity contribution >= 4 is 29.5 Å². The van der Waals surface area contributed by atoms with Crippen LogP contribution in [-0.2, 0) is 14.3 Å². The SMILES string of the molecule is CC(C)(C)OC(=O)NCCN(CC1CCCCCC1)C(=O)c1ccc(NC(=O)CCCCCCC(=O)NO)cc1. The first kappa shape index (κ1) is 33.1. The van der Waals surface area contributed by atoms with Gasteiger partial charge >= 0.3 is 6.09 Å². The molecule has 1 aliphatic rings. The van der Waals surface area contributed by atoms with Crippen LogP contribution in [0.5, 0.6) is 0 Å². The summed E-state index contributed by atoms with van der Waals surface area (Å²) in [6, 6.07) is 6.93. The molecule has 0 spiro atoms. The first-order valence-corrected chi connectivity index (χ1v) is 14.7. The minimum atomic E-state index is -0.586. The van der Waals surface area contributed by atoms with E-state index in [1.807, 2.05) is 25.7 Å². The lowest BCUT2D eigenvalue weighted by Gasteiger charge is -2.28. The van der Waals surface area contributed by atoms with Crippen molar-refractivity contribution in [1.29, 1.82) is 0 Å². The van der Waals surface area contributed by atoms with Crippen molar-refractivity contribution < 1.29 is 29.1 Å². The number of nitrogens with zero attached hydrogens (tertiary/aromatic N) is 1. The maximum Gasteiger partial charge on any atom is 0.407 e. The maximum atomic E-state index is 13.5. The van der Waals surface area contributed by atoms with Gasteiger partial charge in [0.1, 0.15) is 5.60 Å². The lowest BCUT2D eigenvalue weighted by molar-refractivity contribution is -0.129. The van der Waals surface area contributed by atoms with E-state index in [9.17, 15) is 19.2 Å². The van der Waals surface area contributed by atoms with Gasteiger partial charge in [0.05, 0.1) is 0 Å². The van der Waals surface area contributed by atoms with Crippen molar-refractivity contribution in [3.8, 4) is 0 Å². The predicted octanol–water partition coefficient (Wildman–Crippen LogP) is 5.41. The van der Waals surface area contributed by atoms with Crippen molar-refractivity contribution in [2.45, 2.75) is 103 Å². The Morgan fingerprint density at radius 2 is 1.50 bits per heavy atom. The number of unbranched alkanes of at least 4 members (excludes halogenated alkanes) is 3. The van der Waals surface area contributed by atoms with E-state index >= 15 is 0 Å².